The Hall–Kier alpha value is -1.000. The van der Waals surface area contributed by atoms with E-state index in [1.54, 1.807) is 12.1 Å². The quantitative estimate of drug-likeness (QED) is 0.694. The van der Waals surface area contributed by atoms with Crippen molar-refractivity contribution in [2.45, 2.75) is 19.9 Å². The van der Waals surface area contributed by atoms with Gasteiger partial charge in [0.25, 0.3) is 0 Å². The molecular formula is C15H15Br2NO. The average Bonchev–Trinajstić information content (AvgIpc) is 2.32. The minimum Gasteiger partial charge on any atom is -0.508 e. The van der Waals surface area contributed by atoms with E-state index in [0.717, 1.165) is 20.2 Å². The number of phenols is 1. The Balaban J connectivity index is 2.23. The fourth-order valence-corrected chi connectivity index (χ4v) is 3.36. The lowest BCUT2D eigenvalue weighted by molar-refractivity contribution is 0.475. The van der Waals surface area contributed by atoms with Crippen LogP contribution in [0.1, 0.15) is 24.1 Å². The molecule has 2 aromatic carbocycles. The highest BCUT2D eigenvalue weighted by Crippen LogP contribution is 2.30. The van der Waals surface area contributed by atoms with Gasteiger partial charge in [-0.3, -0.25) is 0 Å². The first-order valence-corrected chi connectivity index (χ1v) is 7.57. The number of anilines is 1. The molecular weight excluding hydrogens is 370 g/mol. The molecule has 0 fully saturated rings. The number of aryl methyl sites for hydroxylation is 1. The van der Waals surface area contributed by atoms with Gasteiger partial charge >= 0.3 is 0 Å². The van der Waals surface area contributed by atoms with Crippen molar-refractivity contribution in [3.63, 3.8) is 0 Å². The number of nitrogens with one attached hydrogen (secondary N) is 1. The van der Waals surface area contributed by atoms with E-state index < -0.39 is 0 Å². The van der Waals surface area contributed by atoms with E-state index in [2.05, 4.69) is 50.2 Å². The van der Waals surface area contributed by atoms with E-state index in [1.165, 1.54) is 5.56 Å². The van der Waals surface area contributed by atoms with Crippen molar-refractivity contribution in [3.05, 3.63) is 56.5 Å². The summed E-state index contributed by atoms with van der Waals surface area (Å²) in [5, 5.41) is 12.9. The Kier molecular flexibility index (Phi) is 4.53. The Morgan fingerprint density at radius 3 is 2.47 bits per heavy atom. The molecule has 1 unspecified atom stereocenters. The molecule has 0 aliphatic carbocycles. The van der Waals surface area contributed by atoms with Gasteiger partial charge in [0.2, 0.25) is 0 Å². The molecule has 2 nitrogen and oxygen atoms in total. The van der Waals surface area contributed by atoms with E-state index >= 15 is 0 Å². The Morgan fingerprint density at radius 1 is 1.11 bits per heavy atom. The fraction of sp³-hybridized carbons (Fsp3) is 0.200. The molecule has 2 rings (SSSR count). The molecule has 0 bridgehead atoms. The van der Waals surface area contributed by atoms with Gasteiger partial charge in [-0.05, 0) is 55.3 Å². The third kappa shape index (κ3) is 3.51. The maximum Gasteiger partial charge on any atom is 0.115 e. The normalized spacial score (nSPS) is 12.2. The van der Waals surface area contributed by atoms with Crippen LogP contribution in [-0.4, -0.2) is 5.11 Å². The molecule has 0 aliphatic rings. The van der Waals surface area contributed by atoms with Gasteiger partial charge in [0.1, 0.15) is 5.75 Å². The van der Waals surface area contributed by atoms with Gasteiger partial charge in [-0.2, -0.15) is 0 Å². The summed E-state index contributed by atoms with van der Waals surface area (Å²) in [6.07, 6.45) is 0. The lowest BCUT2D eigenvalue weighted by Crippen LogP contribution is -2.08. The summed E-state index contributed by atoms with van der Waals surface area (Å²) in [6.45, 7) is 4.09. The lowest BCUT2D eigenvalue weighted by Gasteiger charge is -2.19. The summed E-state index contributed by atoms with van der Waals surface area (Å²) in [7, 11) is 0. The average molecular weight is 385 g/mol. The van der Waals surface area contributed by atoms with Gasteiger partial charge in [-0.25, -0.2) is 0 Å². The number of hydrogen-bond donors (Lipinski definition) is 2. The first-order chi connectivity index (χ1) is 8.97. The van der Waals surface area contributed by atoms with Crippen LogP contribution >= 0.6 is 31.9 Å². The van der Waals surface area contributed by atoms with Gasteiger partial charge in [0.05, 0.1) is 0 Å². The fourth-order valence-electron chi connectivity index (χ4n) is 1.97. The van der Waals surface area contributed by atoms with Gasteiger partial charge < -0.3 is 10.4 Å². The predicted molar refractivity (Wildman–Crippen MR) is 86.7 cm³/mol. The largest absolute Gasteiger partial charge is 0.508 e. The van der Waals surface area contributed by atoms with E-state index in [9.17, 15) is 5.11 Å². The van der Waals surface area contributed by atoms with Crippen molar-refractivity contribution in [2.24, 2.45) is 0 Å². The van der Waals surface area contributed by atoms with Crippen molar-refractivity contribution in [1.82, 2.24) is 0 Å². The van der Waals surface area contributed by atoms with Gasteiger partial charge in [-0.15, -0.1) is 0 Å². The van der Waals surface area contributed by atoms with Crippen LogP contribution in [0.4, 0.5) is 5.69 Å². The molecule has 0 radical (unpaired) electrons. The third-order valence-electron chi connectivity index (χ3n) is 3.01. The topological polar surface area (TPSA) is 32.3 Å². The van der Waals surface area contributed by atoms with E-state index in [1.807, 2.05) is 25.1 Å². The second-order valence-corrected chi connectivity index (χ2v) is 6.30. The minimum atomic E-state index is 0.172. The highest BCUT2D eigenvalue weighted by Gasteiger charge is 2.10. The molecule has 0 aliphatic heterocycles. The molecule has 1 atom stereocenters. The van der Waals surface area contributed by atoms with Crippen molar-refractivity contribution in [3.8, 4) is 5.75 Å². The highest BCUT2D eigenvalue weighted by molar-refractivity contribution is 9.11. The van der Waals surface area contributed by atoms with Gasteiger partial charge in [0, 0.05) is 20.7 Å². The van der Waals surface area contributed by atoms with E-state index in [4.69, 9.17) is 0 Å². The molecule has 4 heteroatoms. The Morgan fingerprint density at radius 2 is 1.84 bits per heavy atom. The van der Waals surface area contributed by atoms with Gasteiger partial charge in [-0.1, -0.05) is 37.9 Å². The zero-order valence-corrected chi connectivity index (χ0v) is 13.9. The van der Waals surface area contributed by atoms with Crippen molar-refractivity contribution < 1.29 is 5.11 Å². The van der Waals surface area contributed by atoms with E-state index in [0.29, 0.717) is 5.75 Å². The summed E-state index contributed by atoms with van der Waals surface area (Å²) < 4.78 is 2.12. The SMILES string of the molecule is Cc1cc(O)ccc1NC(C)c1ccc(Br)cc1Br. The van der Waals surface area contributed by atoms with Crippen molar-refractivity contribution in [1.29, 1.82) is 0 Å². The molecule has 0 amide bonds. The molecule has 0 heterocycles. The maximum atomic E-state index is 9.42. The molecule has 100 valence electrons. The van der Waals surface area contributed by atoms with Crippen LogP contribution in [0.25, 0.3) is 0 Å². The smallest absolute Gasteiger partial charge is 0.115 e. The standard InChI is InChI=1S/C15H15Br2NO/c1-9-7-12(19)4-6-15(9)18-10(2)13-5-3-11(16)8-14(13)17/h3-8,10,18-19H,1-2H3. The lowest BCUT2D eigenvalue weighted by atomic mass is 10.1. The summed E-state index contributed by atoms with van der Waals surface area (Å²) in [5.41, 5.74) is 3.25. The Labute approximate surface area is 130 Å². The number of phenolic OH excluding ortho intramolecular Hbond substituents is 1. The summed E-state index contributed by atoms with van der Waals surface area (Å²) in [4.78, 5) is 0. The van der Waals surface area contributed by atoms with Crippen LogP contribution in [0, 0.1) is 6.92 Å². The van der Waals surface area contributed by atoms with Crippen LogP contribution < -0.4 is 5.32 Å². The second-order valence-electron chi connectivity index (χ2n) is 4.53. The summed E-state index contributed by atoms with van der Waals surface area (Å²) >= 11 is 7.03. The van der Waals surface area contributed by atoms with Crippen LogP contribution in [0.3, 0.4) is 0 Å². The second kappa shape index (κ2) is 5.97. The zero-order chi connectivity index (χ0) is 14.0. The predicted octanol–water partition coefficient (Wildman–Crippen LogP) is 5.40. The zero-order valence-electron chi connectivity index (χ0n) is 10.7. The molecule has 19 heavy (non-hydrogen) atoms. The monoisotopic (exact) mass is 383 g/mol. The third-order valence-corrected chi connectivity index (χ3v) is 4.19. The van der Waals surface area contributed by atoms with Gasteiger partial charge in [0.15, 0.2) is 0 Å². The van der Waals surface area contributed by atoms with Crippen LogP contribution in [0.5, 0.6) is 5.75 Å². The van der Waals surface area contributed by atoms with E-state index in [-0.39, 0.29) is 6.04 Å². The van der Waals surface area contributed by atoms with Crippen LogP contribution in [0.15, 0.2) is 45.3 Å². The van der Waals surface area contributed by atoms with Crippen molar-refractivity contribution >= 4 is 37.5 Å². The number of halogens is 2. The Bertz CT molecular complexity index is 599. The number of aromatic hydroxyl groups is 1. The number of hydrogen-bond acceptors (Lipinski definition) is 2. The first-order valence-electron chi connectivity index (χ1n) is 5.98. The maximum absolute atomic E-state index is 9.42. The van der Waals surface area contributed by atoms with Crippen molar-refractivity contribution in [2.75, 3.05) is 5.32 Å². The highest BCUT2D eigenvalue weighted by atomic mass is 79.9. The van der Waals surface area contributed by atoms with Crippen LogP contribution in [-0.2, 0) is 0 Å². The summed E-state index contributed by atoms with van der Waals surface area (Å²) in [6, 6.07) is 11.7. The number of benzene rings is 2. The molecule has 0 saturated carbocycles. The molecule has 0 saturated heterocycles. The minimum absolute atomic E-state index is 0.172. The molecule has 2 aromatic rings. The first kappa shape index (κ1) is 14.4. The summed E-state index contributed by atoms with van der Waals surface area (Å²) in [5.74, 6) is 0.292. The molecule has 0 spiro atoms. The number of rotatable bonds is 3. The van der Waals surface area contributed by atoms with Crippen LogP contribution in [0.2, 0.25) is 0 Å². The molecule has 0 aromatic heterocycles. The molecule has 2 N–H and O–H groups in total.